The van der Waals surface area contributed by atoms with Gasteiger partial charge < -0.3 is 20.2 Å². The average molecular weight is 468 g/mol. The number of benzene rings is 1. The zero-order chi connectivity index (χ0) is 22.0. The average Bonchev–Trinajstić information content (AvgIpc) is 3.43. The molecule has 31 heavy (non-hydrogen) atoms. The normalized spacial score (nSPS) is 19.8. The molecule has 0 spiro atoms. The molecule has 1 amide bonds. The Morgan fingerprint density at radius 2 is 2.03 bits per heavy atom. The molecule has 168 valence electrons. The molecule has 2 heterocycles. The first-order chi connectivity index (χ1) is 14.9. The van der Waals surface area contributed by atoms with Crippen molar-refractivity contribution in [1.29, 1.82) is 0 Å². The van der Waals surface area contributed by atoms with Crippen LogP contribution in [-0.4, -0.2) is 70.6 Å². The topological polar surface area (TPSA) is 130 Å². The molecule has 1 atom stereocenters. The van der Waals surface area contributed by atoms with Crippen molar-refractivity contribution < 1.29 is 22.7 Å². The van der Waals surface area contributed by atoms with E-state index in [-0.39, 0.29) is 41.9 Å². The van der Waals surface area contributed by atoms with Gasteiger partial charge in [-0.1, -0.05) is 17.8 Å². The van der Waals surface area contributed by atoms with Crippen LogP contribution in [0.15, 0.2) is 29.4 Å². The monoisotopic (exact) mass is 467 g/mol. The molecule has 2 aromatic rings. The van der Waals surface area contributed by atoms with Gasteiger partial charge in [0.1, 0.15) is 18.1 Å². The lowest BCUT2D eigenvalue weighted by Gasteiger charge is -2.28. The van der Waals surface area contributed by atoms with Crippen LogP contribution in [0.25, 0.3) is 0 Å². The number of methoxy groups -OCH3 is 1. The Hall–Kier alpha value is -2.47. The second-order valence-electron chi connectivity index (χ2n) is 7.61. The molecule has 12 heteroatoms. The van der Waals surface area contributed by atoms with Gasteiger partial charge in [0.25, 0.3) is 0 Å². The number of sulfone groups is 1. The minimum absolute atomic E-state index is 0.0543. The zero-order valence-corrected chi connectivity index (χ0v) is 18.8. The van der Waals surface area contributed by atoms with E-state index >= 15 is 0 Å². The molecule has 2 aliphatic rings. The number of hydrogen-bond donors (Lipinski definition) is 1. The summed E-state index contributed by atoms with van der Waals surface area (Å²) < 4.78 is 35.8. The van der Waals surface area contributed by atoms with Crippen molar-refractivity contribution in [2.75, 3.05) is 30.2 Å². The van der Waals surface area contributed by atoms with Gasteiger partial charge in [-0.25, -0.2) is 13.1 Å². The fraction of sp³-hybridized carbons (Fsp3) is 0.526. The number of amides is 1. The molecule has 0 bridgehead atoms. The SMILES string of the molecule is COc1cccc(OCc2nnc(SCC(=O)N(C3CC3)C3CCS(=O)(=O)C3)n2N)c1. The lowest BCUT2D eigenvalue weighted by atomic mass is 10.2. The highest BCUT2D eigenvalue weighted by Gasteiger charge is 2.42. The van der Waals surface area contributed by atoms with Gasteiger partial charge >= 0.3 is 0 Å². The first-order valence-electron chi connectivity index (χ1n) is 9.97. The summed E-state index contributed by atoms with van der Waals surface area (Å²) in [4.78, 5) is 14.6. The second-order valence-corrected chi connectivity index (χ2v) is 10.8. The molecule has 0 radical (unpaired) electrons. The minimum atomic E-state index is -3.05. The van der Waals surface area contributed by atoms with Crippen molar-refractivity contribution in [3.63, 3.8) is 0 Å². The van der Waals surface area contributed by atoms with Crippen LogP contribution in [0.1, 0.15) is 25.1 Å². The van der Waals surface area contributed by atoms with Crippen LogP contribution in [0, 0.1) is 0 Å². The van der Waals surface area contributed by atoms with Gasteiger partial charge in [-0.2, -0.15) is 0 Å². The molecule has 1 saturated heterocycles. The molecule has 1 aromatic heterocycles. The van der Waals surface area contributed by atoms with Crippen molar-refractivity contribution in [2.45, 2.75) is 43.1 Å². The Labute approximate surface area is 185 Å². The number of aromatic nitrogens is 3. The molecule has 1 unspecified atom stereocenters. The minimum Gasteiger partial charge on any atom is -0.497 e. The number of ether oxygens (including phenoxy) is 2. The number of thioether (sulfide) groups is 1. The summed E-state index contributed by atoms with van der Waals surface area (Å²) in [5.74, 6) is 8.02. The van der Waals surface area contributed by atoms with Crippen LogP contribution < -0.4 is 15.3 Å². The first-order valence-corrected chi connectivity index (χ1v) is 12.8. The Bertz CT molecular complexity index is 1050. The molecular weight excluding hydrogens is 442 g/mol. The van der Waals surface area contributed by atoms with Crippen LogP contribution in [0.5, 0.6) is 11.5 Å². The van der Waals surface area contributed by atoms with Gasteiger partial charge in [0.15, 0.2) is 15.7 Å². The van der Waals surface area contributed by atoms with Crippen molar-refractivity contribution in [1.82, 2.24) is 19.8 Å². The largest absolute Gasteiger partial charge is 0.497 e. The summed E-state index contributed by atoms with van der Waals surface area (Å²) in [7, 11) is -1.47. The van der Waals surface area contributed by atoms with Crippen LogP contribution in [0.3, 0.4) is 0 Å². The van der Waals surface area contributed by atoms with E-state index in [1.165, 1.54) is 16.4 Å². The van der Waals surface area contributed by atoms with Crippen LogP contribution in [0.2, 0.25) is 0 Å². The van der Waals surface area contributed by atoms with Gasteiger partial charge in [-0.3, -0.25) is 4.79 Å². The number of carbonyl (C=O) groups is 1. The summed E-state index contributed by atoms with van der Waals surface area (Å²) in [6.07, 6.45) is 2.35. The third kappa shape index (κ3) is 5.24. The van der Waals surface area contributed by atoms with Crippen molar-refractivity contribution in [2.24, 2.45) is 0 Å². The molecule has 2 fully saturated rings. The summed E-state index contributed by atoms with van der Waals surface area (Å²) in [6.45, 7) is 0.110. The lowest BCUT2D eigenvalue weighted by molar-refractivity contribution is -0.130. The second kappa shape index (κ2) is 8.95. The quantitative estimate of drug-likeness (QED) is 0.421. The maximum atomic E-state index is 12.9. The van der Waals surface area contributed by atoms with E-state index in [1.54, 1.807) is 24.1 Å². The smallest absolute Gasteiger partial charge is 0.233 e. The van der Waals surface area contributed by atoms with Crippen molar-refractivity contribution in [3.8, 4) is 11.5 Å². The Balaban J connectivity index is 1.34. The van der Waals surface area contributed by atoms with Gasteiger partial charge in [0, 0.05) is 18.2 Å². The molecule has 4 rings (SSSR count). The van der Waals surface area contributed by atoms with E-state index in [0.29, 0.717) is 28.9 Å². The van der Waals surface area contributed by atoms with Crippen molar-refractivity contribution >= 4 is 27.5 Å². The number of nitrogens with zero attached hydrogens (tertiary/aromatic N) is 4. The molecule has 1 aliphatic heterocycles. The third-order valence-corrected chi connectivity index (χ3v) is 7.98. The predicted octanol–water partition coefficient (Wildman–Crippen LogP) is 0.850. The first kappa shape index (κ1) is 21.8. The lowest BCUT2D eigenvalue weighted by Crippen LogP contribution is -2.43. The van der Waals surface area contributed by atoms with Gasteiger partial charge in [-0.05, 0) is 31.4 Å². The fourth-order valence-corrected chi connectivity index (χ4v) is 6.05. The molecule has 1 saturated carbocycles. The Morgan fingerprint density at radius 3 is 2.71 bits per heavy atom. The number of nitrogens with two attached hydrogens (primary N) is 1. The van der Waals surface area contributed by atoms with Crippen LogP contribution in [-0.2, 0) is 21.2 Å². The molecule has 10 nitrogen and oxygen atoms in total. The van der Waals surface area contributed by atoms with E-state index in [1.807, 2.05) is 12.1 Å². The van der Waals surface area contributed by atoms with E-state index < -0.39 is 9.84 Å². The Morgan fingerprint density at radius 1 is 1.26 bits per heavy atom. The summed E-state index contributed by atoms with van der Waals surface area (Å²) in [6, 6.07) is 7.10. The predicted molar refractivity (Wildman–Crippen MR) is 115 cm³/mol. The zero-order valence-electron chi connectivity index (χ0n) is 17.1. The van der Waals surface area contributed by atoms with E-state index in [4.69, 9.17) is 15.3 Å². The van der Waals surface area contributed by atoms with Gasteiger partial charge in [-0.15, -0.1) is 10.2 Å². The standard InChI is InChI=1S/C19H25N5O5S2/c1-28-15-3-2-4-16(9-15)29-10-17-21-22-19(24(17)20)30-11-18(25)23(13-5-6-13)14-7-8-31(26,27)12-14/h2-4,9,13-14H,5-8,10-12,20H2,1H3. The third-order valence-electron chi connectivity index (χ3n) is 5.30. The number of rotatable bonds is 9. The Kier molecular flexibility index (Phi) is 6.28. The van der Waals surface area contributed by atoms with Crippen LogP contribution >= 0.6 is 11.8 Å². The molecule has 2 N–H and O–H groups in total. The highest BCUT2D eigenvalue weighted by atomic mass is 32.2. The van der Waals surface area contributed by atoms with Gasteiger partial charge in [0.2, 0.25) is 11.1 Å². The van der Waals surface area contributed by atoms with E-state index in [9.17, 15) is 13.2 Å². The molecule has 1 aliphatic carbocycles. The number of nitrogen functional groups attached to an aromatic ring is 1. The van der Waals surface area contributed by atoms with Crippen LogP contribution in [0.4, 0.5) is 0 Å². The molecule has 1 aromatic carbocycles. The highest BCUT2D eigenvalue weighted by Crippen LogP contribution is 2.33. The van der Waals surface area contributed by atoms with Gasteiger partial charge in [0.05, 0.1) is 24.4 Å². The highest BCUT2D eigenvalue weighted by molar-refractivity contribution is 7.99. The summed E-state index contributed by atoms with van der Waals surface area (Å²) in [5, 5.41) is 8.50. The fourth-order valence-electron chi connectivity index (χ4n) is 3.60. The van der Waals surface area contributed by atoms with E-state index in [0.717, 1.165) is 12.8 Å². The maximum absolute atomic E-state index is 12.9. The number of hydrogen-bond acceptors (Lipinski definition) is 9. The summed E-state index contributed by atoms with van der Waals surface area (Å²) >= 11 is 1.18. The number of carbonyl (C=O) groups excluding carboxylic acids is 1. The van der Waals surface area contributed by atoms with E-state index in [2.05, 4.69) is 10.2 Å². The molecular formula is C19H25N5O5S2. The maximum Gasteiger partial charge on any atom is 0.233 e. The van der Waals surface area contributed by atoms with Crippen molar-refractivity contribution in [3.05, 3.63) is 30.1 Å². The summed E-state index contributed by atoms with van der Waals surface area (Å²) in [5.41, 5.74) is 0.